The first-order chi connectivity index (χ1) is 7.58. The first kappa shape index (κ1) is 10.8. The fourth-order valence-electron chi connectivity index (χ4n) is 1.85. The van der Waals surface area contributed by atoms with Crippen molar-refractivity contribution >= 4 is 11.5 Å². The summed E-state index contributed by atoms with van der Waals surface area (Å²) in [6, 6.07) is 3.08. The molecule has 0 aromatic carbocycles. The molecule has 1 aliphatic rings. The predicted octanol–water partition coefficient (Wildman–Crippen LogP) is 0.869. The van der Waals surface area contributed by atoms with Crippen molar-refractivity contribution < 1.29 is 10.0 Å². The summed E-state index contributed by atoms with van der Waals surface area (Å²) in [4.78, 5) is 16.4. The summed E-state index contributed by atoms with van der Waals surface area (Å²) >= 11 is 0. The maximum Gasteiger partial charge on any atom is 0.311 e. The molecule has 0 spiro atoms. The van der Waals surface area contributed by atoms with Crippen molar-refractivity contribution in [2.75, 3.05) is 18.0 Å². The quantitative estimate of drug-likeness (QED) is 0.594. The maximum absolute atomic E-state index is 10.8. The summed E-state index contributed by atoms with van der Waals surface area (Å²) in [5.41, 5.74) is 0.738. The van der Waals surface area contributed by atoms with E-state index >= 15 is 0 Å². The van der Waals surface area contributed by atoms with E-state index in [4.69, 9.17) is 0 Å². The van der Waals surface area contributed by atoms with Crippen LogP contribution >= 0.6 is 0 Å². The molecule has 0 saturated carbocycles. The molecule has 1 N–H and O–H groups in total. The van der Waals surface area contributed by atoms with Gasteiger partial charge in [-0.25, -0.2) is 4.98 Å². The van der Waals surface area contributed by atoms with Crippen LogP contribution in [0.2, 0.25) is 0 Å². The van der Waals surface area contributed by atoms with Gasteiger partial charge in [0.2, 0.25) is 5.82 Å². The molecule has 6 heteroatoms. The van der Waals surface area contributed by atoms with Crippen LogP contribution in [-0.4, -0.2) is 34.2 Å². The van der Waals surface area contributed by atoms with Gasteiger partial charge in [-0.15, -0.1) is 0 Å². The fourth-order valence-corrected chi connectivity index (χ4v) is 1.85. The van der Waals surface area contributed by atoms with Crippen molar-refractivity contribution in [1.82, 2.24) is 4.98 Å². The Morgan fingerprint density at radius 3 is 2.94 bits per heavy atom. The minimum absolute atomic E-state index is 0.000278. The molecule has 1 aromatic rings. The normalized spacial score (nSPS) is 20.1. The highest BCUT2D eigenvalue weighted by molar-refractivity contribution is 5.58. The van der Waals surface area contributed by atoms with Crippen LogP contribution in [0, 0.1) is 17.0 Å². The number of β-amino-alcohol motifs (C(OH)–C–C–N with tert-alkyl or cyclic N) is 1. The molecule has 1 aliphatic heterocycles. The summed E-state index contributed by atoms with van der Waals surface area (Å²) in [5, 5.41) is 20.3. The fraction of sp³-hybridized carbons (Fsp3) is 0.500. The molecular formula is C10H13N3O3. The second kappa shape index (κ2) is 4.05. The number of aryl methyl sites for hydroxylation is 1. The topological polar surface area (TPSA) is 79.5 Å². The van der Waals surface area contributed by atoms with Gasteiger partial charge >= 0.3 is 5.69 Å². The Morgan fingerprint density at radius 1 is 1.62 bits per heavy atom. The molecule has 1 aromatic heterocycles. The average Bonchev–Trinajstić information content (AvgIpc) is 2.64. The molecule has 2 heterocycles. The van der Waals surface area contributed by atoms with Gasteiger partial charge in [-0.05, 0) is 19.4 Å². The number of pyridine rings is 1. The number of nitro groups is 1. The number of anilines is 1. The van der Waals surface area contributed by atoms with Crippen molar-refractivity contribution in [2.24, 2.45) is 0 Å². The van der Waals surface area contributed by atoms with Crippen molar-refractivity contribution in [2.45, 2.75) is 19.4 Å². The van der Waals surface area contributed by atoms with Crippen LogP contribution in [0.4, 0.5) is 11.5 Å². The Bertz CT molecular complexity index is 422. The van der Waals surface area contributed by atoms with Gasteiger partial charge in [0, 0.05) is 24.8 Å². The second-order valence-corrected chi connectivity index (χ2v) is 3.94. The minimum atomic E-state index is -0.438. The van der Waals surface area contributed by atoms with E-state index < -0.39 is 11.0 Å². The zero-order valence-electron chi connectivity index (χ0n) is 8.96. The van der Waals surface area contributed by atoms with Crippen LogP contribution in [0.15, 0.2) is 12.1 Å². The zero-order valence-corrected chi connectivity index (χ0v) is 8.96. The van der Waals surface area contributed by atoms with Gasteiger partial charge in [0.05, 0.1) is 11.0 Å². The Hall–Kier alpha value is -1.69. The Kier molecular flexibility index (Phi) is 2.74. The number of aliphatic hydroxyl groups is 1. The van der Waals surface area contributed by atoms with Crippen LogP contribution in [0.5, 0.6) is 0 Å². The first-order valence-electron chi connectivity index (χ1n) is 5.13. The van der Waals surface area contributed by atoms with E-state index in [1.54, 1.807) is 17.9 Å². The Balaban J connectivity index is 2.37. The van der Waals surface area contributed by atoms with Gasteiger partial charge in [-0.2, -0.15) is 0 Å². The monoisotopic (exact) mass is 223 g/mol. The van der Waals surface area contributed by atoms with Crippen LogP contribution in [0.25, 0.3) is 0 Å². The van der Waals surface area contributed by atoms with Crippen molar-refractivity contribution in [3.8, 4) is 0 Å². The number of hydrogen-bond donors (Lipinski definition) is 1. The smallest absolute Gasteiger partial charge is 0.311 e. The molecule has 86 valence electrons. The molecule has 1 fully saturated rings. The van der Waals surface area contributed by atoms with E-state index in [1.807, 2.05) is 0 Å². The molecular weight excluding hydrogens is 210 g/mol. The van der Waals surface area contributed by atoms with Crippen molar-refractivity contribution in [3.63, 3.8) is 0 Å². The molecule has 1 atom stereocenters. The second-order valence-electron chi connectivity index (χ2n) is 3.94. The third-order valence-electron chi connectivity index (χ3n) is 2.65. The zero-order chi connectivity index (χ0) is 11.7. The van der Waals surface area contributed by atoms with Crippen LogP contribution in [-0.2, 0) is 0 Å². The standard InChI is InChI=1S/C10H13N3O3/c1-7-2-3-9(13(15)16)10(11-7)12-5-4-8(14)6-12/h2-3,8,14H,4-6H2,1H3. The summed E-state index contributed by atoms with van der Waals surface area (Å²) in [6.45, 7) is 2.81. The third kappa shape index (κ3) is 1.96. The molecule has 1 saturated heterocycles. The lowest BCUT2D eigenvalue weighted by molar-refractivity contribution is -0.384. The molecule has 16 heavy (non-hydrogen) atoms. The molecule has 6 nitrogen and oxygen atoms in total. The van der Waals surface area contributed by atoms with Gasteiger partial charge < -0.3 is 10.0 Å². The van der Waals surface area contributed by atoms with E-state index in [1.165, 1.54) is 6.07 Å². The highest BCUT2D eigenvalue weighted by Gasteiger charge is 2.27. The summed E-state index contributed by atoms with van der Waals surface area (Å²) in [7, 11) is 0. The van der Waals surface area contributed by atoms with Crippen molar-refractivity contribution in [3.05, 3.63) is 27.9 Å². The Morgan fingerprint density at radius 2 is 2.38 bits per heavy atom. The third-order valence-corrected chi connectivity index (χ3v) is 2.65. The van der Waals surface area contributed by atoms with E-state index in [0.717, 1.165) is 5.69 Å². The van der Waals surface area contributed by atoms with Crippen LogP contribution in [0.3, 0.4) is 0 Å². The largest absolute Gasteiger partial charge is 0.391 e. The van der Waals surface area contributed by atoms with Gasteiger partial charge in [0.25, 0.3) is 0 Å². The summed E-state index contributed by atoms with van der Waals surface area (Å²) < 4.78 is 0. The van der Waals surface area contributed by atoms with Crippen LogP contribution in [0.1, 0.15) is 12.1 Å². The number of aliphatic hydroxyl groups excluding tert-OH is 1. The van der Waals surface area contributed by atoms with E-state index in [9.17, 15) is 15.2 Å². The average molecular weight is 223 g/mol. The number of hydrogen-bond acceptors (Lipinski definition) is 5. The van der Waals surface area contributed by atoms with Gasteiger partial charge in [0.15, 0.2) is 0 Å². The van der Waals surface area contributed by atoms with Gasteiger partial charge in [-0.3, -0.25) is 10.1 Å². The maximum atomic E-state index is 10.8. The first-order valence-corrected chi connectivity index (χ1v) is 5.13. The van der Waals surface area contributed by atoms with Crippen LogP contribution < -0.4 is 4.90 Å². The van der Waals surface area contributed by atoms with E-state index in [2.05, 4.69) is 4.98 Å². The van der Waals surface area contributed by atoms with Gasteiger partial charge in [-0.1, -0.05) is 0 Å². The molecule has 0 aliphatic carbocycles. The number of nitrogens with zero attached hydrogens (tertiary/aromatic N) is 3. The number of aromatic nitrogens is 1. The Labute approximate surface area is 92.7 Å². The molecule has 1 unspecified atom stereocenters. The van der Waals surface area contributed by atoms with E-state index in [0.29, 0.717) is 25.3 Å². The lowest BCUT2D eigenvalue weighted by atomic mass is 10.3. The molecule has 0 amide bonds. The van der Waals surface area contributed by atoms with E-state index in [-0.39, 0.29) is 5.69 Å². The summed E-state index contributed by atoms with van der Waals surface area (Å²) in [5.74, 6) is 0.363. The van der Waals surface area contributed by atoms with Crippen molar-refractivity contribution in [1.29, 1.82) is 0 Å². The molecule has 2 rings (SSSR count). The minimum Gasteiger partial charge on any atom is -0.391 e. The predicted molar refractivity (Wildman–Crippen MR) is 58.5 cm³/mol. The molecule has 0 radical (unpaired) electrons. The SMILES string of the molecule is Cc1ccc([N+](=O)[O-])c(N2CCC(O)C2)n1. The lowest BCUT2D eigenvalue weighted by Crippen LogP contribution is -2.23. The highest BCUT2D eigenvalue weighted by atomic mass is 16.6. The molecule has 0 bridgehead atoms. The summed E-state index contributed by atoms with van der Waals surface area (Å²) in [6.07, 6.45) is 0.217. The lowest BCUT2D eigenvalue weighted by Gasteiger charge is -2.16. The highest BCUT2D eigenvalue weighted by Crippen LogP contribution is 2.28. The van der Waals surface area contributed by atoms with Gasteiger partial charge in [0.1, 0.15) is 0 Å². The number of rotatable bonds is 2.